The summed E-state index contributed by atoms with van der Waals surface area (Å²) in [5, 5.41) is 9.18. The van der Waals surface area contributed by atoms with E-state index in [9.17, 15) is 0 Å². The molecule has 2 aromatic rings. The first kappa shape index (κ1) is 15.3. The van der Waals surface area contributed by atoms with Crippen molar-refractivity contribution < 1.29 is 0 Å². The fourth-order valence-corrected chi connectivity index (χ4v) is 4.19. The molecule has 0 saturated heterocycles. The Balaban J connectivity index is 2.29. The molecule has 2 rings (SSSR count). The summed E-state index contributed by atoms with van der Waals surface area (Å²) in [6.07, 6.45) is 0.779. The molecule has 0 fully saturated rings. The molecule has 19 heavy (non-hydrogen) atoms. The number of nitrogens with one attached hydrogen (secondary N) is 1. The molecule has 1 unspecified atom stereocenters. The summed E-state index contributed by atoms with van der Waals surface area (Å²) in [5.41, 5.74) is 2.25. The maximum absolute atomic E-state index is 6.25. The van der Waals surface area contributed by atoms with Gasteiger partial charge >= 0.3 is 0 Å². The number of halogens is 3. The molecule has 0 radical (unpaired) electrons. The number of thiophene rings is 1. The predicted octanol–water partition coefficient (Wildman–Crippen LogP) is 5.71. The lowest BCUT2D eigenvalue weighted by Gasteiger charge is -2.19. The Labute approximate surface area is 136 Å². The standard InChI is InChI=1S/C14H14BrCl2NS/c1-2-18-14(10-7-19-8-11(10)15)6-9-12(16)4-3-5-13(9)17/h3-5,7-8,14,18H,2,6H2,1H3. The van der Waals surface area contributed by atoms with Crippen molar-refractivity contribution in [3.8, 4) is 0 Å². The van der Waals surface area contributed by atoms with Crippen LogP contribution in [0.1, 0.15) is 24.1 Å². The molecular formula is C14H14BrCl2NS. The topological polar surface area (TPSA) is 12.0 Å². The second-order valence-corrected chi connectivity index (χ2v) is 6.60. The summed E-state index contributed by atoms with van der Waals surface area (Å²) < 4.78 is 1.13. The summed E-state index contributed by atoms with van der Waals surface area (Å²) >= 11 is 17.8. The molecule has 5 heteroatoms. The van der Waals surface area contributed by atoms with Gasteiger partial charge in [-0.2, -0.15) is 11.3 Å². The Kier molecular flexibility index (Phi) is 5.72. The second kappa shape index (κ2) is 7.09. The SMILES string of the molecule is CCNC(Cc1c(Cl)cccc1Cl)c1cscc1Br. The van der Waals surface area contributed by atoms with Gasteiger partial charge in [-0.3, -0.25) is 0 Å². The van der Waals surface area contributed by atoms with Crippen molar-refractivity contribution in [3.63, 3.8) is 0 Å². The van der Waals surface area contributed by atoms with Crippen LogP contribution in [0.15, 0.2) is 33.4 Å². The predicted molar refractivity (Wildman–Crippen MR) is 88.6 cm³/mol. The molecule has 0 saturated carbocycles. The highest BCUT2D eigenvalue weighted by Gasteiger charge is 2.18. The van der Waals surface area contributed by atoms with Crippen molar-refractivity contribution >= 4 is 50.5 Å². The van der Waals surface area contributed by atoms with E-state index in [0.717, 1.165) is 33.0 Å². The van der Waals surface area contributed by atoms with E-state index in [1.807, 2.05) is 18.2 Å². The number of hydrogen-bond donors (Lipinski definition) is 1. The number of likely N-dealkylation sites (N-methyl/N-ethyl adjacent to an activating group) is 1. The highest BCUT2D eigenvalue weighted by molar-refractivity contribution is 9.10. The van der Waals surface area contributed by atoms with Gasteiger partial charge in [0.15, 0.2) is 0 Å². The van der Waals surface area contributed by atoms with Crippen LogP contribution in [0.3, 0.4) is 0 Å². The average molecular weight is 379 g/mol. The van der Waals surface area contributed by atoms with Gasteiger partial charge in [-0.05, 0) is 57.5 Å². The summed E-state index contributed by atoms with van der Waals surface area (Å²) in [6.45, 7) is 3.00. The molecular weight excluding hydrogens is 365 g/mol. The van der Waals surface area contributed by atoms with Crippen molar-refractivity contribution in [1.82, 2.24) is 5.32 Å². The zero-order valence-corrected chi connectivity index (χ0v) is 14.3. The van der Waals surface area contributed by atoms with Gasteiger partial charge in [0, 0.05) is 25.9 Å². The fraction of sp³-hybridized carbons (Fsp3) is 0.286. The van der Waals surface area contributed by atoms with Crippen LogP contribution in [0, 0.1) is 0 Å². The lowest BCUT2D eigenvalue weighted by Crippen LogP contribution is -2.23. The average Bonchev–Trinajstić information content (AvgIpc) is 2.79. The van der Waals surface area contributed by atoms with Crippen LogP contribution in [0.5, 0.6) is 0 Å². The van der Waals surface area contributed by atoms with Gasteiger partial charge in [0.05, 0.1) is 0 Å². The molecule has 102 valence electrons. The summed E-state index contributed by atoms with van der Waals surface area (Å²) in [5.74, 6) is 0. The van der Waals surface area contributed by atoms with Crippen molar-refractivity contribution in [2.24, 2.45) is 0 Å². The molecule has 0 aliphatic rings. The summed E-state index contributed by atoms with van der Waals surface area (Å²) in [4.78, 5) is 0. The van der Waals surface area contributed by atoms with E-state index in [1.165, 1.54) is 5.56 Å². The van der Waals surface area contributed by atoms with Crippen molar-refractivity contribution in [3.05, 3.63) is 54.6 Å². The normalized spacial score (nSPS) is 12.6. The zero-order chi connectivity index (χ0) is 13.8. The monoisotopic (exact) mass is 377 g/mol. The van der Waals surface area contributed by atoms with Crippen molar-refractivity contribution in [2.45, 2.75) is 19.4 Å². The Bertz CT molecular complexity index is 536. The van der Waals surface area contributed by atoms with E-state index in [0.29, 0.717) is 0 Å². The Morgan fingerprint density at radius 2 is 1.95 bits per heavy atom. The van der Waals surface area contributed by atoms with Gasteiger partial charge in [0.2, 0.25) is 0 Å². The second-order valence-electron chi connectivity index (χ2n) is 4.19. The van der Waals surface area contributed by atoms with Crippen LogP contribution in [0.25, 0.3) is 0 Å². The smallest absolute Gasteiger partial charge is 0.0453 e. The third-order valence-corrected chi connectivity index (χ3v) is 5.40. The number of rotatable bonds is 5. The van der Waals surface area contributed by atoms with E-state index in [-0.39, 0.29) is 6.04 Å². The quantitative estimate of drug-likeness (QED) is 0.702. The third kappa shape index (κ3) is 3.73. The minimum atomic E-state index is 0.211. The lowest BCUT2D eigenvalue weighted by atomic mass is 10.0. The Hall–Kier alpha value is -0.0600. The first-order valence-corrected chi connectivity index (χ1v) is 8.50. The minimum absolute atomic E-state index is 0.211. The van der Waals surface area contributed by atoms with Gasteiger partial charge < -0.3 is 5.32 Å². The molecule has 0 aliphatic carbocycles. The van der Waals surface area contributed by atoms with Gasteiger partial charge in [0.25, 0.3) is 0 Å². The zero-order valence-electron chi connectivity index (χ0n) is 10.4. The van der Waals surface area contributed by atoms with Crippen LogP contribution < -0.4 is 5.32 Å². The largest absolute Gasteiger partial charge is 0.310 e. The number of benzene rings is 1. The number of hydrogen-bond acceptors (Lipinski definition) is 2. The fourth-order valence-electron chi connectivity index (χ4n) is 2.01. The molecule has 0 spiro atoms. The maximum Gasteiger partial charge on any atom is 0.0453 e. The van der Waals surface area contributed by atoms with Gasteiger partial charge in [0.1, 0.15) is 0 Å². The van der Waals surface area contributed by atoms with E-state index in [2.05, 4.69) is 38.9 Å². The van der Waals surface area contributed by atoms with Gasteiger partial charge in [-0.15, -0.1) is 0 Å². The first-order chi connectivity index (χ1) is 9.13. The van der Waals surface area contributed by atoms with Crippen LogP contribution in [-0.2, 0) is 6.42 Å². The van der Waals surface area contributed by atoms with Crippen LogP contribution in [0.2, 0.25) is 10.0 Å². The molecule has 1 atom stereocenters. The van der Waals surface area contributed by atoms with E-state index < -0.39 is 0 Å². The van der Waals surface area contributed by atoms with Crippen LogP contribution in [-0.4, -0.2) is 6.54 Å². The molecule has 0 bridgehead atoms. The molecule has 0 amide bonds. The highest BCUT2D eigenvalue weighted by Crippen LogP contribution is 2.33. The maximum atomic E-state index is 6.25. The molecule has 1 aromatic heterocycles. The first-order valence-electron chi connectivity index (χ1n) is 6.01. The molecule has 1 nitrogen and oxygen atoms in total. The van der Waals surface area contributed by atoms with E-state index in [1.54, 1.807) is 11.3 Å². The summed E-state index contributed by atoms with van der Waals surface area (Å²) in [7, 11) is 0. The van der Waals surface area contributed by atoms with Crippen LogP contribution in [0.4, 0.5) is 0 Å². The van der Waals surface area contributed by atoms with E-state index in [4.69, 9.17) is 23.2 Å². The molecule has 1 aromatic carbocycles. The molecule has 1 N–H and O–H groups in total. The Morgan fingerprint density at radius 1 is 1.26 bits per heavy atom. The molecule has 1 heterocycles. The summed E-state index contributed by atoms with van der Waals surface area (Å²) in [6, 6.07) is 5.85. The van der Waals surface area contributed by atoms with Crippen molar-refractivity contribution in [1.29, 1.82) is 0 Å². The third-order valence-electron chi connectivity index (χ3n) is 2.94. The van der Waals surface area contributed by atoms with Gasteiger partial charge in [-0.1, -0.05) is 36.2 Å². The molecule has 0 aliphatic heterocycles. The lowest BCUT2D eigenvalue weighted by molar-refractivity contribution is 0.550. The highest BCUT2D eigenvalue weighted by atomic mass is 79.9. The van der Waals surface area contributed by atoms with Crippen LogP contribution >= 0.6 is 50.5 Å². The minimum Gasteiger partial charge on any atom is -0.310 e. The van der Waals surface area contributed by atoms with Gasteiger partial charge in [-0.25, -0.2) is 0 Å². The Morgan fingerprint density at radius 3 is 2.47 bits per heavy atom. The van der Waals surface area contributed by atoms with Crippen molar-refractivity contribution in [2.75, 3.05) is 6.54 Å². The van der Waals surface area contributed by atoms with E-state index >= 15 is 0 Å².